The van der Waals surface area contributed by atoms with E-state index in [0.29, 0.717) is 13.2 Å². The third-order valence-corrected chi connectivity index (χ3v) is 1.60. The van der Waals surface area contributed by atoms with Crippen molar-refractivity contribution in [3.63, 3.8) is 0 Å². The molecule has 0 saturated carbocycles. The Hall–Kier alpha value is -1.06. The van der Waals surface area contributed by atoms with Crippen LogP contribution in [0.15, 0.2) is 0 Å². The fourth-order valence-corrected chi connectivity index (χ4v) is 0.919. The Balaban J connectivity index is 3.40. The summed E-state index contributed by atoms with van der Waals surface area (Å²) in [7, 11) is 0. The highest BCUT2D eigenvalue weighted by Gasteiger charge is 2.10. The molecule has 4 nitrogen and oxygen atoms in total. The van der Waals surface area contributed by atoms with E-state index in [2.05, 4.69) is 11.7 Å². The third-order valence-electron chi connectivity index (χ3n) is 1.60. The summed E-state index contributed by atoms with van der Waals surface area (Å²) in [6.07, 6.45) is 2.69. The smallest absolute Gasteiger partial charge is 0.317 e. The van der Waals surface area contributed by atoms with Gasteiger partial charge in [-0.3, -0.25) is 9.59 Å². The zero-order valence-corrected chi connectivity index (χ0v) is 8.88. The van der Waals surface area contributed by atoms with Crippen LogP contribution in [0.5, 0.6) is 0 Å². The maximum Gasteiger partial charge on any atom is 0.317 e. The quantitative estimate of drug-likeness (QED) is 0.358. The van der Waals surface area contributed by atoms with Crippen molar-refractivity contribution in [3.05, 3.63) is 0 Å². The molecule has 0 saturated heterocycles. The standard InChI is InChI=1S/C10H18O4/c1-3-5-6-7-14-10(12)8-9(11)13-4-2/h3-8H2,1-2H3. The van der Waals surface area contributed by atoms with Crippen LogP contribution < -0.4 is 0 Å². The topological polar surface area (TPSA) is 52.6 Å². The molecule has 0 aromatic carbocycles. The maximum absolute atomic E-state index is 11.0. The van der Waals surface area contributed by atoms with Gasteiger partial charge in [-0.2, -0.15) is 0 Å². The lowest BCUT2D eigenvalue weighted by Crippen LogP contribution is -2.14. The monoisotopic (exact) mass is 202 g/mol. The van der Waals surface area contributed by atoms with Crippen molar-refractivity contribution >= 4 is 11.9 Å². The van der Waals surface area contributed by atoms with E-state index in [4.69, 9.17) is 4.74 Å². The molecule has 0 aromatic rings. The van der Waals surface area contributed by atoms with E-state index >= 15 is 0 Å². The van der Waals surface area contributed by atoms with Gasteiger partial charge in [-0.25, -0.2) is 0 Å². The number of unbranched alkanes of at least 4 members (excludes halogenated alkanes) is 2. The molecular formula is C10H18O4. The van der Waals surface area contributed by atoms with Gasteiger partial charge in [0.05, 0.1) is 13.2 Å². The van der Waals surface area contributed by atoms with E-state index in [9.17, 15) is 9.59 Å². The van der Waals surface area contributed by atoms with Crippen LogP contribution in [-0.2, 0) is 19.1 Å². The Morgan fingerprint density at radius 1 is 1.00 bits per heavy atom. The normalized spacial score (nSPS) is 9.57. The summed E-state index contributed by atoms with van der Waals surface area (Å²) in [6, 6.07) is 0. The molecule has 0 aliphatic carbocycles. The first-order valence-corrected chi connectivity index (χ1v) is 5.02. The minimum Gasteiger partial charge on any atom is -0.466 e. The van der Waals surface area contributed by atoms with Gasteiger partial charge in [0.25, 0.3) is 0 Å². The second-order valence-electron chi connectivity index (χ2n) is 2.91. The molecule has 0 atom stereocenters. The lowest BCUT2D eigenvalue weighted by Gasteiger charge is -2.03. The lowest BCUT2D eigenvalue weighted by atomic mass is 10.3. The first-order chi connectivity index (χ1) is 6.70. The lowest BCUT2D eigenvalue weighted by molar-refractivity contribution is -0.154. The second-order valence-corrected chi connectivity index (χ2v) is 2.91. The summed E-state index contributed by atoms with van der Waals surface area (Å²) < 4.78 is 9.42. The number of hydrogen-bond acceptors (Lipinski definition) is 4. The van der Waals surface area contributed by atoms with Gasteiger partial charge in [-0.1, -0.05) is 19.8 Å². The Kier molecular flexibility index (Phi) is 7.89. The van der Waals surface area contributed by atoms with E-state index in [1.165, 1.54) is 0 Å². The second kappa shape index (κ2) is 8.53. The molecule has 14 heavy (non-hydrogen) atoms. The van der Waals surface area contributed by atoms with Crippen LogP contribution in [0.1, 0.15) is 39.5 Å². The van der Waals surface area contributed by atoms with E-state index in [-0.39, 0.29) is 6.42 Å². The first-order valence-electron chi connectivity index (χ1n) is 5.02. The van der Waals surface area contributed by atoms with Gasteiger partial charge in [-0.15, -0.1) is 0 Å². The zero-order chi connectivity index (χ0) is 10.8. The number of hydrogen-bond donors (Lipinski definition) is 0. The molecule has 0 amide bonds. The van der Waals surface area contributed by atoms with E-state index in [0.717, 1.165) is 19.3 Å². The van der Waals surface area contributed by atoms with Crippen LogP contribution in [-0.4, -0.2) is 25.2 Å². The van der Waals surface area contributed by atoms with Crippen molar-refractivity contribution in [1.29, 1.82) is 0 Å². The number of esters is 2. The largest absolute Gasteiger partial charge is 0.466 e. The fourth-order valence-electron chi connectivity index (χ4n) is 0.919. The highest BCUT2D eigenvalue weighted by molar-refractivity contribution is 5.91. The average molecular weight is 202 g/mol. The molecule has 0 aliphatic heterocycles. The van der Waals surface area contributed by atoms with Crippen LogP contribution in [0.25, 0.3) is 0 Å². The number of carbonyl (C=O) groups is 2. The predicted octanol–water partition coefficient (Wildman–Crippen LogP) is 1.67. The molecule has 0 bridgehead atoms. The predicted molar refractivity (Wildman–Crippen MR) is 51.7 cm³/mol. The highest BCUT2D eigenvalue weighted by atomic mass is 16.6. The van der Waals surface area contributed by atoms with E-state index in [1.807, 2.05) is 0 Å². The van der Waals surface area contributed by atoms with Gasteiger partial charge in [0.2, 0.25) is 0 Å². The van der Waals surface area contributed by atoms with Crippen molar-refractivity contribution in [2.75, 3.05) is 13.2 Å². The molecule has 0 spiro atoms. The van der Waals surface area contributed by atoms with Gasteiger partial charge >= 0.3 is 11.9 Å². The van der Waals surface area contributed by atoms with Crippen LogP contribution in [0.2, 0.25) is 0 Å². The Labute approximate surface area is 84.6 Å². The van der Waals surface area contributed by atoms with Crippen LogP contribution in [0.4, 0.5) is 0 Å². The summed E-state index contributed by atoms with van der Waals surface area (Å²) in [5, 5.41) is 0. The third kappa shape index (κ3) is 7.58. The van der Waals surface area contributed by atoms with Crippen molar-refractivity contribution < 1.29 is 19.1 Å². The Morgan fingerprint density at radius 3 is 2.21 bits per heavy atom. The van der Waals surface area contributed by atoms with Gasteiger partial charge in [0.15, 0.2) is 0 Å². The minimum absolute atomic E-state index is 0.278. The molecule has 82 valence electrons. The summed E-state index contributed by atoms with van der Waals surface area (Å²) in [4.78, 5) is 21.8. The minimum atomic E-state index is -0.520. The Morgan fingerprint density at radius 2 is 1.64 bits per heavy atom. The van der Waals surface area contributed by atoms with Crippen molar-refractivity contribution in [2.45, 2.75) is 39.5 Å². The van der Waals surface area contributed by atoms with Gasteiger partial charge in [-0.05, 0) is 13.3 Å². The zero-order valence-electron chi connectivity index (χ0n) is 8.88. The molecule has 0 aliphatic rings. The maximum atomic E-state index is 11.0. The fraction of sp³-hybridized carbons (Fsp3) is 0.800. The summed E-state index contributed by atoms with van der Waals surface area (Å²) in [5.41, 5.74) is 0. The highest BCUT2D eigenvalue weighted by Crippen LogP contribution is 1.96. The van der Waals surface area contributed by atoms with E-state index < -0.39 is 11.9 Å². The van der Waals surface area contributed by atoms with Crippen molar-refractivity contribution in [2.24, 2.45) is 0 Å². The first kappa shape index (κ1) is 12.9. The van der Waals surface area contributed by atoms with Crippen LogP contribution in [0.3, 0.4) is 0 Å². The molecule has 4 heteroatoms. The van der Waals surface area contributed by atoms with E-state index in [1.54, 1.807) is 6.92 Å². The summed E-state index contributed by atoms with van der Waals surface area (Å²) in [5.74, 6) is -1.02. The molecule has 0 fully saturated rings. The molecule has 0 unspecified atom stereocenters. The molecule has 0 rings (SSSR count). The number of ether oxygens (including phenoxy) is 2. The molecule has 0 radical (unpaired) electrons. The SMILES string of the molecule is CCCCCOC(=O)CC(=O)OCC. The average Bonchev–Trinajstić information content (AvgIpc) is 2.13. The van der Waals surface area contributed by atoms with Gasteiger partial charge in [0, 0.05) is 0 Å². The molecule has 0 N–H and O–H groups in total. The number of rotatable bonds is 7. The van der Waals surface area contributed by atoms with Crippen LogP contribution in [0, 0.1) is 0 Å². The molecule has 0 heterocycles. The van der Waals surface area contributed by atoms with Crippen molar-refractivity contribution in [1.82, 2.24) is 0 Å². The Bertz CT molecular complexity index is 177. The number of carbonyl (C=O) groups excluding carboxylic acids is 2. The summed E-state index contributed by atoms with van der Waals surface area (Å²) in [6.45, 7) is 4.46. The van der Waals surface area contributed by atoms with Crippen LogP contribution >= 0.6 is 0 Å². The molecular weight excluding hydrogens is 184 g/mol. The summed E-state index contributed by atoms with van der Waals surface area (Å²) >= 11 is 0. The van der Waals surface area contributed by atoms with Crippen molar-refractivity contribution in [3.8, 4) is 0 Å². The van der Waals surface area contributed by atoms with Gasteiger partial charge < -0.3 is 9.47 Å². The molecule has 0 aromatic heterocycles. The van der Waals surface area contributed by atoms with Gasteiger partial charge in [0.1, 0.15) is 6.42 Å².